The first-order valence-electron chi connectivity index (χ1n) is 8.11. The van der Waals surface area contributed by atoms with Crippen molar-refractivity contribution in [1.82, 2.24) is 4.90 Å². The van der Waals surface area contributed by atoms with E-state index in [0.29, 0.717) is 13.1 Å². The van der Waals surface area contributed by atoms with E-state index in [0.717, 1.165) is 13.0 Å². The summed E-state index contributed by atoms with van der Waals surface area (Å²) in [5, 5.41) is 60.9. The second-order valence-corrected chi connectivity index (χ2v) is 5.35. The number of rotatable bonds is 13. The van der Waals surface area contributed by atoms with Crippen LogP contribution < -0.4 is 0 Å². The Morgan fingerprint density at radius 1 is 0.875 bits per heavy atom. The molecule has 0 bridgehead atoms. The van der Waals surface area contributed by atoms with Gasteiger partial charge in [-0.1, -0.05) is 19.8 Å². The zero-order valence-electron chi connectivity index (χ0n) is 14.2. The molecule has 0 aromatic carbocycles. The Hall–Kier alpha value is -0.650. The quantitative estimate of drug-likeness (QED) is 0.136. The van der Waals surface area contributed by atoms with Crippen LogP contribution in [0, 0.1) is 0 Å². The Kier molecular flexibility index (Phi) is 18.3. The van der Waals surface area contributed by atoms with Crippen molar-refractivity contribution in [2.75, 3.05) is 39.5 Å². The molecule has 146 valence electrons. The Bertz CT molecular complexity index is 276. The normalized spacial score (nSPS) is 16.0. The van der Waals surface area contributed by atoms with Crippen molar-refractivity contribution in [3.05, 3.63) is 0 Å². The summed E-state index contributed by atoms with van der Waals surface area (Å²) in [6.45, 7) is 4.15. The summed E-state index contributed by atoms with van der Waals surface area (Å²) in [5.41, 5.74) is 0. The topological polar surface area (TPSA) is 162 Å². The van der Waals surface area contributed by atoms with Crippen LogP contribution in [0.4, 0.5) is 0 Å². The Balaban J connectivity index is 0. The van der Waals surface area contributed by atoms with Gasteiger partial charge < -0.3 is 40.5 Å². The lowest BCUT2D eigenvalue weighted by Crippen LogP contribution is -2.46. The molecule has 0 amide bonds. The Morgan fingerprint density at radius 2 is 1.42 bits per heavy atom. The van der Waals surface area contributed by atoms with Gasteiger partial charge in [0.05, 0.1) is 19.8 Å². The highest BCUT2D eigenvalue weighted by Gasteiger charge is 2.29. The van der Waals surface area contributed by atoms with Gasteiger partial charge in [0.1, 0.15) is 24.4 Å². The van der Waals surface area contributed by atoms with Crippen molar-refractivity contribution in [2.45, 2.75) is 50.6 Å². The maximum absolute atomic E-state index is 9.90. The number of hydrogen-bond donors (Lipinski definition) is 7. The first-order valence-corrected chi connectivity index (χ1v) is 8.11. The molecule has 0 saturated carbocycles. The summed E-state index contributed by atoms with van der Waals surface area (Å²) in [5.74, 6) is 0. The van der Waals surface area contributed by atoms with E-state index in [1.54, 1.807) is 0 Å². The average molecular weight is 355 g/mol. The monoisotopic (exact) mass is 355 g/mol. The zero-order valence-corrected chi connectivity index (χ0v) is 14.2. The first-order chi connectivity index (χ1) is 11.4. The van der Waals surface area contributed by atoms with Gasteiger partial charge in [-0.05, 0) is 13.0 Å². The summed E-state index contributed by atoms with van der Waals surface area (Å²) in [6, 6.07) is 0. The lowest BCUT2D eigenvalue weighted by Gasteiger charge is -2.22. The van der Waals surface area contributed by atoms with Crippen LogP contribution in [0.25, 0.3) is 0 Å². The van der Waals surface area contributed by atoms with Gasteiger partial charge in [-0.3, -0.25) is 4.90 Å². The van der Waals surface area contributed by atoms with Crippen molar-refractivity contribution < 1.29 is 40.5 Å². The van der Waals surface area contributed by atoms with Crippen LogP contribution in [0.5, 0.6) is 0 Å². The third kappa shape index (κ3) is 12.7. The highest BCUT2D eigenvalue weighted by Crippen LogP contribution is 2.03. The third-order valence-electron chi connectivity index (χ3n) is 3.33. The van der Waals surface area contributed by atoms with E-state index in [2.05, 4.69) is 11.8 Å². The molecule has 0 radical (unpaired) electrons. The Morgan fingerprint density at radius 3 is 1.79 bits per heavy atom. The molecule has 0 spiro atoms. The van der Waals surface area contributed by atoms with Gasteiger partial charge in [0.2, 0.25) is 0 Å². The highest BCUT2D eigenvalue weighted by molar-refractivity contribution is 5.56. The highest BCUT2D eigenvalue weighted by atomic mass is 16.4. The number of aldehydes is 1. The fourth-order valence-electron chi connectivity index (χ4n) is 1.82. The van der Waals surface area contributed by atoms with Gasteiger partial charge in [-0.15, -0.1) is 0 Å². The lowest BCUT2D eigenvalue weighted by molar-refractivity contribution is -0.136. The second kappa shape index (κ2) is 17.2. The molecule has 0 heterocycles. The number of nitrogens with zero attached hydrogens (tertiary/aromatic N) is 1. The molecule has 0 aliphatic rings. The number of carbonyl (C=O) groups excluding carboxylic acids is 1. The molecule has 0 aliphatic carbocycles. The van der Waals surface area contributed by atoms with Crippen LogP contribution in [-0.4, -0.2) is 111 Å². The standard InChI is InChI=1S/C9H21NO2.C6H12O6/c1-2-3-4-5-10(6-8-11)7-9-12;7-1-3(9)5(11)6(12)4(10)2-8/h11-12H,2-9H2,1H3;1,3-6,8-12H,2H2. The van der Waals surface area contributed by atoms with E-state index >= 15 is 0 Å². The van der Waals surface area contributed by atoms with Gasteiger partial charge in [0.25, 0.3) is 0 Å². The minimum absolute atomic E-state index is 0.0258. The minimum atomic E-state index is -1.79. The molecule has 0 aromatic rings. The van der Waals surface area contributed by atoms with Gasteiger partial charge >= 0.3 is 0 Å². The molecule has 4 unspecified atom stereocenters. The molecule has 7 N–H and O–H groups in total. The van der Waals surface area contributed by atoms with Crippen molar-refractivity contribution in [3.63, 3.8) is 0 Å². The van der Waals surface area contributed by atoms with Crippen LogP contribution in [0.2, 0.25) is 0 Å². The molecule has 0 fully saturated rings. The molecular weight excluding hydrogens is 322 g/mol. The molecule has 9 nitrogen and oxygen atoms in total. The summed E-state index contributed by atoms with van der Waals surface area (Å²) >= 11 is 0. The van der Waals surface area contributed by atoms with E-state index in [1.807, 2.05) is 0 Å². The number of aliphatic hydroxyl groups excluding tert-OH is 7. The van der Waals surface area contributed by atoms with E-state index in [9.17, 15) is 4.79 Å². The van der Waals surface area contributed by atoms with Crippen molar-refractivity contribution in [3.8, 4) is 0 Å². The fraction of sp³-hybridized carbons (Fsp3) is 0.933. The van der Waals surface area contributed by atoms with E-state index in [4.69, 9.17) is 35.7 Å². The van der Waals surface area contributed by atoms with Gasteiger partial charge in [-0.25, -0.2) is 0 Å². The average Bonchev–Trinajstić information content (AvgIpc) is 2.60. The van der Waals surface area contributed by atoms with Crippen molar-refractivity contribution in [1.29, 1.82) is 0 Å². The summed E-state index contributed by atoms with van der Waals surface area (Å²) in [7, 11) is 0. The minimum Gasteiger partial charge on any atom is -0.395 e. The number of unbranched alkanes of at least 4 members (excludes halogenated alkanes) is 2. The van der Waals surface area contributed by atoms with Gasteiger partial charge in [-0.2, -0.15) is 0 Å². The predicted octanol–water partition coefficient (Wildman–Crippen LogP) is -2.92. The molecule has 24 heavy (non-hydrogen) atoms. The summed E-state index contributed by atoms with van der Waals surface area (Å²) < 4.78 is 0. The van der Waals surface area contributed by atoms with Crippen LogP contribution >= 0.6 is 0 Å². The van der Waals surface area contributed by atoms with E-state index in [1.165, 1.54) is 12.8 Å². The molecule has 0 aliphatic heterocycles. The third-order valence-corrected chi connectivity index (χ3v) is 3.33. The predicted molar refractivity (Wildman–Crippen MR) is 87.3 cm³/mol. The SMILES string of the molecule is CCCCCN(CCO)CCO.O=CC(O)C(O)C(O)C(O)CO. The second-order valence-electron chi connectivity index (χ2n) is 5.35. The van der Waals surface area contributed by atoms with Crippen molar-refractivity contribution in [2.24, 2.45) is 0 Å². The number of carbonyl (C=O) groups is 1. The fourth-order valence-corrected chi connectivity index (χ4v) is 1.82. The zero-order chi connectivity index (χ0) is 19.0. The van der Waals surface area contributed by atoms with Crippen LogP contribution in [0.1, 0.15) is 26.2 Å². The van der Waals surface area contributed by atoms with Crippen LogP contribution in [-0.2, 0) is 4.79 Å². The molecule has 0 rings (SSSR count). The molecule has 9 heteroatoms. The van der Waals surface area contributed by atoms with Gasteiger partial charge in [0.15, 0.2) is 6.29 Å². The van der Waals surface area contributed by atoms with Gasteiger partial charge in [0, 0.05) is 13.1 Å². The molecule has 0 aromatic heterocycles. The molecule has 4 atom stereocenters. The summed E-state index contributed by atoms with van der Waals surface area (Å²) in [6.07, 6.45) is -3.23. The first kappa shape index (κ1) is 25.6. The largest absolute Gasteiger partial charge is 0.395 e. The van der Waals surface area contributed by atoms with E-state index in [-0.39, 0.29) is 19.5 Å². The maximum Gasteiger partial charge on any atom is 0.151 e. The smallest absolute Gasteiger partial charge is 0.151 e. The lowest BCUT2D eigenvalue weighted by atomic mass is 10.0. The maximum atomic E-state index is 9.90. The van der Waals surface area contributed by atoms with Crippen LogP contribution in [0.15, 0.2) is 0 Å². The van der Waals surface area contributed by atoms with Crippen molar-refractivity contribution >= 4 is 6.29 Å². The molecular formula is C15H33NO8. The summed E-state index contributed by atoms with van der Waals surface area (Å²) in [4.78, 5) is 12.0. The number of aliphatic hydroxyl groups is 7. The van der Waals surface area contributed by atoms with E-state index < -0.39 is 31.0 Å². The molecule has 0 saturated heterocycles. The Labute approximate surface area is 142 Å². The van der Waals surface area contributed by atoms with Crippen LogP contribution in [0.3, 0.4) is 0 Å². The number of hydrogen-bond acceptors (Lipinski definition) is 9.